The van der Waals surface area contributed by atoms with E-state index in [2.05, 4.69) is 63.6 Å². The van der Waals surface area contributed by atoms with Crippen molar-refractivity contribution in [1.29, 1.82) is 0 Å². The van der Waals surface area contributed by atoms with E-state index in [1.165, 1.54) is 24.8 Å². The van der Waals surface area contributed by atoms with Gasteiger partial charge in [-0.1, -0.05) is 50.6 Å². The van der Waals surface area contributed by atoms with Gasteiger partial charge in [-0.05, 0) is 43.5 Å². The van der Waals surface area contributed by atoms with Gasteiger partial charge in [0, 0.05) is 12.1 Å². The lowest BCUT2D eigenvalue weighted by Gasteiger charge is -2.35. The largest absolute Gasteiger partial charge is 0.349 e. The van der Waals surface area contributed by atoms with Crippen molar-refractivity contribution < 1.29 is 4.79 Å². The van der Waals surface area contributed by atoms with Gasteiger partial charge in [-0.2, -0.15) is 9.61 Å². The van der Waals surface area contributed by atoms with Gasteiger partial charge in [-0.25, -0.2) is 0 Å². The molecular weight excluding hydrogens is 364 g/mol. The van der Waals surface area contributed by atoms with E-state index in [0.717, 1.165) is 18.7 Å². The number of carbonyl (C=O) groups excluding carboxylic acids is 1. The molecule has 1 atom stereocenters. The number of hydrogen-bond donors (Lipinski definition) is 1. The minimum atomic E-state index is -0.166. The first kappa shape index (κ1) is 19.5. The van der Waals surface area contributed by atoms with E-state index in [0.29, 0.717) is 17.9 Å². The Labute approximate surface area is 171 Å². The molecule has 0 aliphatic carbocycles. The maximum Gasteiger partial charge on any atom is 0.271 e. The second-order valence-corrected chi connectivity index (χ2v) is 7.97. The van der Waals surface area contributed by atoms with Crippen LogP contribution in [0.2, 0.25) is 0 Å². The van der Waals surface area contributed by atoms with E-state index in [1.807, 2.05) is 12.1 Å². The lowest BCUT2D eigenvalue weighted by atomic mass is 10.0. The molecule has 1 fully saturated rings. The summed E-state index contributed by atoms with van der Waals surface area (Å²) in [5.74, 6) is 0.0575. The summed E-state index contributed by atoms with van der Waals surface area (Å²) in [7, 11) is 0. The normalized spacial score (nSPS) is 16.2. The fourth-order valence-corrected chi connectivity index (χ4v) is 4.03. The number of nitrogens with one attached hydrogen (secondary N) is 1. The predicted molar refractivity (Wildman–Crippen MR) is 112 cm³/mol. The number of carbonyl (C=O) groups is 1. The molecule has 29 heavy (non-hydrogen) atoms. The summed E-state index contributed by atoms with van der Waals surface area (Å²) in [5, 5.41) is 15.6. The number of amides is 1. The maximum absolute atomic E-state index is 13.0. The molecule has 1 aromatic carbocycles. The topological polar surface area (TPSA) is 75.4 Å². The molecule has 152 valence electrons. The number of likely N-dealkylation sites (tertiary alicyclic amines) is 1. The first-order valence-electron chi connectivity index (χ1n) is 10.4. The van der Waals surface area contributed by atoms with E-state index in [1.54, 1.807) is 10.8 Å². The number of nitrogens with zero attached hydrogens (tertiary/aromatic N) is 5. The average molecular weight is 393 g/mol. The predicted octanol–water partition coefficient (Wildman–Crippen LogP) is 3.20. The Hall–Kier alpha value is -2.80. The Morgan fingerprint density at radius 2 is 1.90 bits per heavy atom. The SMILES string of the molecule is CC(C)c1cc(C(=O)NCC(c2ccccc2)N2CCCCC2)nn2cnnc12. The van der Waals surface area contributed by atoms with Crippen molar-refractivity contribution in [3.8, 4) is 0 Å². The molecule has 0 bridgehead atoms. The molecule has 1 aliphatic heterocycles. The number of fused-ring (bicyclic) bond motifs is 1. The van der Waals surface area contributed by atoms with Crippen LogP contribution in [0.4, 0.5) is 0 Å². The van der Waals surface area contributed by atoms with Crippen LogP contribution in [0, 0.1) is 0 Å². The Kier molecular flexibility index (Phi) is 5.85. The number of piperidine rings is 1. The zero-order valence-electron chi connectivity index (χ0n) is 17.1. The lowest BCUT2D eigenvalue weighted by Crippen LogP contribution is -2.40. The molecule has 0 radical (unpaired) electrons. The summed E-state index contributed by atoms with van der Waals surface area (Å²) < 4.78 is 1.59. The second kappa shape index (κ2) is 8.69. The molecule has 1 amide bonds. The molecule has 1 N–H and O–H groups in total. The van der Waals surface area contributed by atoms with Crippen molar-refractivity contribution >= 4 is 11.6 Å². The zero-order valence-corrected chi connectivity index (χ0v) is 17.1. The highest BCUT2D eigenvalue weighted by molar-refractivity contribution is 5.92. The minimum Gasteiger partial charge on any atom is -0.349 e. The molecule has 0 spiro atoms. The summed E-state index contributed by atoms with van der Waals surface area (Å²) >= 11 is 0. The van der Waals surface area contributed by atoms with Gasteiger partial charge in [0.05, 0.1) is 6.04 Å². The van der Waals surface area contributed by atoms with Crippen molar-refractivity contribution in [2.45, 2.75) is 45.1 Å². The van der Waals surface area contributed by atoms with Crippen LogP contribution in [0.15, 0.2) is 42.7 Å². The Balaban J connectivity index is 1.54. The quantitative estimate of drug-likeness (QED) is 0.697. The molecular formula is C22H28N6O. The van der Waals surface area contributed by atoms with E-state index in [4.69, 9.17) is 0 Å². The Bertz CT molecular complexity index is 962. The molecule has 4 rings (SSSR count). The summed E-state index contributed by atoms with van der Waals surface area (Å²) in [6, 6.07) is 12.4. The smallest absolute Gasteiger partial charge is 0.271 e. The van der Waals surface area contributed by atoms with E-state index >= 15 is 0 Å². The first-order valence-corrected chi connectivity index (χ1v) is 10.4. The molecule has 1 aliphatic rings. The summed E-state index contributed by atoms with van der Waals surface area (Å²) in [6.07, 6.45) is 5.24. The second-order valence-electron chi connectivity index (χ2n) is 7.97. The molecule has 3 heterocycles. The molecule has 0 saturated carbocycles. The number of hydrogen-bond acceptors (Lipinski definition) is 5. The number of benzene rings is 1. The van der Waals surface area contributed by atoms with Crippen LogP contribution in [0.3, 0.4) is 0 Å². The third kappa shape index (κ3) is 4.29. The van der Waals surface area contributed by atoms with Gasteiger partial charge >= 0.3 is 0 Å². The molecule has 7 nitrogen and oxygen atoms in total. The average Bonchev–Trinajstić information content (AvgIpc) is 3.23. The zero-order chi connectivity index (χ0) is 20.2. The molecule has 3 aromatic rings. The van der Waals surface area contributed by atoms with Gasteiger partial charge in [-0.3, -0.25) is 9.69 Å². The van der Waals surface area contributed by atoms with Crippen molar-refractivity contribution in [1.82, 2.24) is 30.0 Å². The van der Waals surface area contributed by atoms with E-state index < -0.39 is 0 Å². The summed E-state index contributed by atoms with van der Waals surface area (Å²) in [5.41, 5.74) is 3.30. The molecule has 1 unspecified atom stereocenters. The summed E-state index contributed by atoms with van der Waals surface area (Å²) in [6.45, 7) is 6.85. The Morgan fingerprint density at radius 1 is 1.14 bits per heavy atom. The van der Waals surface area contributed by atoms with E-state index in [-0.39, 0.29) is 17.9 Å². The standard InChI is InChI=1S/C22H28N6O/c1-16(2)18-13-19(26-28-15-24-25-21(18)28)22(29)23-14-20(17-9-5-3-6-10-17)27-11-7-4-8-12-27/h3,5-6,9-10,13,15-16,20H,4,7-8,11-12,14H2,1-2H3,(H,23,29). The van der Waals surface area contributed by atoms with Gasteiger partial charge in [-0.15, -0.1) is 10.2 Å². The van der Waals surface area contributed by atoms with Crippen LogP contribution in [-0.2, 0) is 0 Å². The van der Waals surface area contributed by atoms with Gasteiger partial charge in [0.25, 0.3) is 5.91 Å². The van der Waals surface area contributed by atoms with Gasteiger partial charge in [0.15, 0.2) is 5.65 Å². The fraction of sp³-hybridized carbons (Fsp3) is 0.455. The highest BCUT2D eigenvalue weighted by Gasteiger charge is 2.23. The number of rotatable bonds is 6. The molecule has 7 heteroatoms. The third-order valence-corrected chi connectivity index (χ3v) is 5.62. The van der Waals surface area contributed by atoms with Gasteiger partial charge in [0.2, 0.25) is 0 Å². The Morgan fingerprint density at radius 3 is 2.62 bits per heavy atom. The van der Waals surface area contributed by atoms with Crippen molar-refractivity contribution in [3.05, 3.63) is 59.5 Å². The number of aromatic nitrogens is 4. The highest BCUT2D eigenvalue weighted by Crippen LogP contribution is 2.24. The van der Waals surface area contributed by atoms with E-state index in [9.17, 15) is 4.79 Å². The van der Waals surface area contributed by atoms with Crippen LogP contribution in [-0.4, -0.2) is 50.3 Å². The van der Waals surface area contributed by atoms with Crippen molar-refractivity contribution in [3.63, 3.8) is 0 Å². The fourth-order valence-electron chi connectivity index (χ4n) is 4.03. The minimum absolute atomic E-state index is 0.166. The van der Waals surface area contributed by atoms with Crippen LogP contribution >= 0.6 is 0 Å². The van der Waals surface area contributed by atoms with Crippen molar-refractivity contribution in [2.75, 3.05) is 19.6 Å². The maximum atomic E-state index is 13.0. The summed E-state index contributed by atoms with van der Waals surface area (Å²) in [4.78, 5) is 15.4. The van der Waals surface area contributed by atoms with Crippen LogP contribution in [0.25, 0.3) is 5.65 Å². The van der Waals surface area contributed by atoms with Crippen LogP contribution in [0.5, 0.6) is 0 Å². The lowest BCUT2D eigenvalue weighted by molar-refractivity contribution is 0.0918. The van der Waals surface area contributed by atoms with Crippen LogP contribution in [0.1, 0.15) is 66.7 Å². The molecule has 1 saturated heterocycles. The van der Waals surface area contributed by atoms with Gasteiger partial charge < -0.3 is 5.32 Å². The van der Waals surface area contributed by atoms with Crippen LogP contribution < -0.4 is 5.32 Å². The first-order chi connectivity index (χ1) is 14.1. The third-order valence-electron chi connectivity index (χ3n) is 5.62. The molecule has 2 aromatic heterocycles. The van der Waals surface area contributed by atoms with Crippen molar-refractivity contribution in [2.24, 2.45) is 0 Å². The highest BCUT2D eigenvalue weighted by atomic mass is 16.1. The monoisotopic (exact) mass is 392 g/mol. The van der Waals surface area contributed by atoms with Gasteiger partial charge in [0.1, 0.15) is 12.0 Å².